The van der Waals surface area contributed by atoms with E-state index in [1.807, 2.05) is 13.1 Å². The molecule has 0 aliphatic carbocycles. The summed E-state index contributed by atoms with van der Waals surface area (Å²) in [4.78, 5) is 9.96. The molecular formula is C9H22OSSi. The van der Waals surface area contributed by atoms with Crippen LogP contribution in [0.1, 0.15) is 33.1 Å². The third-order valence-electron chi connectivity index (χ3n) is 2.87. The summed E-state index contributed by atoms with van der Waals surface area (Å²) in [5.41, 5.74) is 0. The van der Waals surface area contributed by atoms with Crippen molar-refractivity contribution in [1.82, 2.24) is 0 Å². The molecule has 0 bridgehead atoms. The molecule has 12 heavy (non-hydrogen) atoms. The highest BCUT2D eigenvalue weighted by Gasteiger charge is 2.36. The standard InChI is InChI=1S/C9H22OSSi/c1-9(2,12(3,4)10)7-5-6-8-11/h10-11H,5-8H2,1-4H3. The Morgan fingerprint density at radius 1 is 1.25 bits per heavy atom. The summed E-state index contributed by atoms with van der Waals surface area (Å²) in [6, 6.07) is 0. The van der Waals surface area contributed by atoms with Crippen LogP contribution < -0.4 is 0 Å². The first-order valence-electron chi connectivity index (χ1n) is 4.64. The summed E-state index contributed by atoms with van der Waals surface area (Å²) in [7, 11) is -1.96. The fraction of sp³-hybridized carbons (Fsp3) is 1.00. The van der Waals surface area contributed by atoms with Gasteiger partial charge in [-0.1, -0.05) is 20.3 Å². The van der Waals surface area contributed by atoms with Gasteiger partial charge < -0.3 is 4.80 Å². The maximum absolute atomic E-state index is 9.96. The van der Waals surface area contributed by atoms with Crippen molar-refractivity contribution in [2.24, 2.45) is 0 Å². The summed E-state index contributed by atoms with van der Waals surface area (Å²) in [5, 5.41) is 0.149. The molecule has 1 nitrogen and oxygen atoms in total. The van der Waals surface area contributed by atoms with Crippen molar-refractivity contribution in [2.75, 3.05) is 5.75 Å². The average molecular weight is 206 g/mol. The maximum Gasteiger partial charge on any atom is 0.188 e. The van der Waals surface area contributed by atoms with E-state index in [9.17, 15) is 4.80 Å². The summed E-state index contributed by atoms with van der Waals surface area (Å²) >= 11 is 4.17. The number of rotatable bonds is 5. The molecule has 0 unspecified atom stereocenters. The van der Waals surface area contributed by atoms with E-state index >= 15 is 0 Å². The zero-order valence-electron chi connectivity index (χ0n) is 8.72. The van der Waals surface area contributed by atoms with Gasteiger partial charge in [-0.2, -0.15) is 12.6 Å². The number of hydrogen-bond acceptors (Lipinski definition) is 2. The molecule has 74 valence electrons. The van der Waals surface area contributed by atoms with E-state index in [-0.39, 0.29) is 5.04 Å². The molecule has 0 aromatic carbocycles. The number of unbranched alkanes of at least 4 members (excludes halogenated alkanes) is 1. The van der Waals surface area contributed by atoms with Gasteiger partial charge in [-0.05, 0) is 36.7 Å². The van der Waals surface area contributed by atoms with Gasteiger partial charge >= 0.3 is 0 Å². The first-order valence-corrected chi connectivity index (χ1v) is 8.22. The van der Waals surface area contributed by atoms with Crippen molar-refractivity contribution in [3.8, 4) is 0 Å². The van der Waals surface area contributed by atoms with Gasteiger partial charge in [0.15, 0.2) is 8.32 Å². The maximum atomic E-state index is 9.96. The molecular weight excluding hydrogens is 184 g/mol. The fourth-order valence-corrected chi connectivity index (χ4v) is 2.00. The quantitative estimate of drug-likeness (QED) is 0.402. The van der Waals surface area contributed by atoms with E-state index in [1.54, 1.807) is 0 Å². The molecule has 0 aromatic rings. The van der Waals surface area contributed by atoms with Crippen LogP contribution in [0.15, 0.2) is 0 Å². The van der Waals surface area contributed by atoms with E-state index in [1.165, 1.54) is 6.42 Å². The van der Waals surface area contributed by atoms with Crippen LogP contribution in [0.3, 0.4) is 0 Å². The molecule has 0 spiro atoms. The van der Waals surface area contributed by atoms with Gasteiger partial charge in [0.25, 0.3) is 0 Å². The highest BCUT2D eigenvalue weighted by molar-refractivity contribution is 7.80. The Bertz CT molecular complexity index is 129. The number of hydrogen-bond donors (Lipinski definition) is 2. The van der Waals surface area contributed by atoms with Crippen LogP contribution in [-0.2, 0) is 0 Å². The molecule has 0 rings (SSSR count). The second-order valence-electron chi connectivity index (χ2n) is 4.62. The minimum absolute atomic E-state index is 0.149. The van der Waals surface area contributed by atoms with Crippen molar-refractivity contribution in [2.45, 2.75) is 51.2 Å². The van der Waals surface area contributed by atoms with Gasteiger partial charge in [0.05, 0.1) is 0 Å². The van der Waals surface area contributed by atoms with Gasteiger partial charge in [-0.15, -0.1) is 0 Å². The van der Waals surface area contributed by atoms with Crippen LogP contribution in [0.2, 0.25) is 18.1 Å². The predicted octanol–water partition coefficient (Wildman–Crippen LogP) is 3.06. The van der Waals surface area contributed by atoms with Crippen molar-refractivity contribution >= 4 is 20.9 Å². The van der Waals surface area contributed by atoms with Gasteiger partial charge in [0.1, 0.15) is 0 Å². The fourth-order valence-electron chi connectivity index (χ4n) is 0.985. The van der Waals surface area contributed by atoms with Gasteiger partial charge in [0, 0.05) is 0 Å². The monoisotopic (exact) mass is 206 g/mol. The summed E-state index contributed by atoms with van der Waals surface area (Å²) in [6.45, 7) is 8.40. The van der Waals surface area contributed by atoms with Gasteiger partial charge in [0.2, 0.25) is 0 Å². The second-order valence-corrected chi connectivity index (χ2v) is 9.54. The SMILES string of the molecule is CC(C)(CCCCS)[Si](C)(C)O. The highest BCUT2D eigenvalue weighted by Crippen LogP contribution is 2.39. The van der Waals surface area contributed by atoms with Crippen LogP contribution in [0.5, 0.6) is 0 Å². The Morgan fingerprint density at radius 3 is 2.08 bits per heavy atom. The third kappa shape index (κ3) is 3.96. The lowest BCUT2D eigenvalue weighted by Crippen LogP contribution is -2.38. The second kappa shape index (κ2) is 4.68. The Labute approximate surface area is 83.1 Å². The van der Waals surface area contributed by atoms with Gasteiger partial charge in [-0.25, -0.2) is 0 Å². The zero-order valence-corrected chi connectivity index (χ0v) is 10.6. The van der Waals surface area contributed by atoms with Crippen LogP contribution in [0, 0.1) is 0 Å². The normalized spacial score (nSPS) is 13.5. The van der Waals surface area contributed by atoms with Crippen molar-refractivity contribution in [3.63, 3.8) is 0 Å². The molecule has 0 aliphatic heterocycles. The van der Waals surface area contributed by atoms with E-state index in [4.69, 9.17) is 0 Å². The largest absolute Gasteiger partial charge is 0.432 e. The Balaban J connectivity index is 3.88. The molecule has 0 aliphatic rings. The highest BCUT2D eigenvalue weighted by atomic mass is 32.1. The van der Waals surface area contributed by atoms with E-state index < -0.39 is 8.32 Å². The minimum atomic E-state index is -1.96. The minimum Gasteiger partial charge on any atom is -0.432 e. The molecule has 0 heterocycles. The lowest BCUT2D eigenvalue weighted by Gasteiger charge is -2.35. The molecule has 1 N–H and O–H groups in total. The van der Waals surface area contributed by atoms with Crippen LogP contribution >= 0.6 is 12.6 Å². The van der Waals surface area contributed by atoms with Crippen LogP contribution in [0.4, 0.5) is 0 Å². The van der Waals surface area contributed by atoms with E-state index in [2.05, 4.69) is 26.5 Å². The molecule has 0 amide bonds. The van der Waals surface area contributed by atoms with E-state index in [0.717, 1.165) is 18.6 Å². The average Bonchev–Trinajstić information content (AvgIpc) is 1.85. The summed E-state index contributed by atoms with van der Waals surface area (Å²) in [6.07, 6.45) is 3.48. The molecule has 0 saturated carbocycles. The van der Waals surface area contributed by atoms with Crippen molar-refractivity contribution in [3.05, 3.63) is 0 Å². The van der Waals surface area contributed by atoms with Crippen LogP contribution in [-0.4, -0.2) is 18.9 Å². The molecule has 0 saturated heterocycles. The van der Waals surface area contributed by atoms with E-state index in [0.29, 0.717) is 0 Å². The molecule has 0 atom stereocenters. The van der Waals surface area contributed by atoms with Crippen LogP contribution in [0.25, 0.3) is 0 Å². The van der Waals surface area contributed by atoms with Gasteiger partial charge in [-0.3, -0.25) is 0 Å². The lowest BCUT2D eigenvalue weighted by atomic mass is 10.1. The first-order chi connectivity index (χ1) is 5.31. The molecule has 3 heteroatoms. The molecule has 0 radical (unpaired) electrons. The number of thiol groups is 1. The van der Waals surface area contributed by atoms with Crippen molar-refractivity contribution < 1.29 is 4.80 Å². The molecule has 0 aromatic heterocycles. The topological polar surface area (TPSA) is 20.2 Å². The predicted molar refractivity (Wildman–Crippen MR) is 61.4 cm³/mol. The Hall–Kier alpha value is 0.527. The first kappa shape index (κ1) is 12.5. The summed E-state index contributed by atoms with van der Waals surface area (Å²) in [5.74, 6) is 0.962. The molecule has 0 fully saturated rings. The van der Waals surface area contributed by atoms with Crippen molar-refractivity contribution in [1.29, 1.82) is 0 Å². The zero-order chi connectivity index (χ0) is 9.83. The smallest absolute Gasteiger partial charge is 0.188 e. The summed E-state index contributed by atoms with van der Waals surface area (Å²) < 4.78 is 0. The third-order valence-corrected chi connectivity index (χ3v) is 6.74. The Morgan fingerprint density at radius 2 is 1.75 bits per heavy atom. The Kier molecular flexibility index (Phi) is 4.88. The lowest BCUT2D eigenvalue weighted by molar-refractivity contribution is 0.441.